The van der Waals surface area contributed by atoms with Crippen LogP contribution in [0.1, 0.15) is 34.3 Å². The van der Waals surface area contributed by atoms with Crippen LogP contribution in [0.5, 0.6) is 5.75 Å². The first-order valence-electron chi connectivity index (χ1n) is 17.0. The maximum Gasteiger partial charge on any atom is 0.255 e. The second kappa shape index (κ2) is 15.2. The number of nitrogens with zero attached hydrogens (tertiary/aromatic N) is 5. The van der Waals surface area contributed by atoms with E-state index in [1.54, 1.807) is 24.3 Å². The minimum atomic E-state index is -0.754. The van der Waals surface area contributed by atoms with Crippen molar-refractivity contribution >= 4 is 63.3 Å². The summed E-state index contributed by atoms with van der Waals surface area (Å²) in [6, 6.07) is 9.82. The van der Waals surface area contributed by atoms with Gasteiger partial charge >= 0.3 is 0 Å². The molecule has 16 heteroatoms. The normalized spacial score (nSPS) is 18.1. The molecule has 2 fully saturated rings. The number of benzene rings is 3. The number of carbonyl (C=O) groups excluding carboxylic acids is 4. The zero-order valence-corrected chi connectivity index (χ0v) is 29.4. The molecule has 4 heterocycles. The van der Waals surface area contributed by atoms with Gasteiger partial charge in [-0.25, -0.2) is 18.7 Å². The first-order chi connectivity index (χ1) is 25.6. The second-order valence-electron chi connectivity index (χ2n) is 13.0. The highest BCUT2D eigenvalue weighted by atomic mass is 35.5. The van der Waals surface area contributed by atoms with E-state index in [9.17, 15) is 23.6 Å². The number of nitrogens with one attached hydrogen (secondary N) is 3. The van der Waals surface area contributed by atoms with Gasteiger partial charge in [0.2, 0.25) is 17.7 Å². The van der Waals surface area contributed by atoms with Gasteiger partial charge in [0, 0.05) is 86.6 Å². The summed E-state index contributed by atoms with van der Waals surface area (Å²) >= 11 is 5.94. The molecule has 2 saturated heterocycles. The third kappa shape index (κ3) is 7.82. The maximum absolute atomic E-state index is 15.2. The number of piperidine rings is 1. The molecule has 0 aliphatic carbocycles. The van der Waals surface area contributed by atoms with Gasteiger partial charge in [0.15, 0.2) is 0 Å². The van der Waals surface area contributed by atoms with Gasteiger partial charge in [-0.3, -0.25) is 34.3 Å². The summed E-state index contributed by atoms with van der Waals surface area (Å²) < 4.78 is 34.4. The summed E-state index contributed by atoms with van der Waals surface area (Å²) in [6.45, 7) is 3.84. The monoisotopic (exact) mass is 744 g/mol. The van der Waals surface area contributed by atoms with Crippen LogP contribution in [0.3, 0.4) is 0 Å². The molecule has 7 rings (SSSR count). The van der Waals surface area contributed by atoms with Crippen molar-refractivity contribution < 1.29 is 32.7 Å². The molecule has 0 saturated carbocycles. The lowest BCUT2D eigenvalue weighted by Gasteiger charge is -2.34. The molecule has 3 N–H and O–H groups in total. The second-order valence-corrected chi connectivity index (χ2v) is 13.4. The third-order valence-electron chi connectivity index (χ3n) is 9.58. The minimum Gasteiger partial charge on any atom is -0.494 e. The van der Waals surface area contributed by atoms with Crippen molar-refractivity contribution in [3.05, 3.63) is 94.3 Å². The van der Waals surface area contributed by atoms with E-state index in [1.165, 1.54) is 48.7 Å². The molecule has 3 aliphatic rings. The maximum atomic E-state index is 15.2. The minimum absolute atomic E-state index is 0.0375. The van der Waals surface area contributed by atoms with Crippen LogP contribution in [0.25, 0.3) is 10.9 Å². The number of hydrogen-bond donors (Lipinski definition) is 3. The smallest absolute Gasteiger partial charge is 0.255 e. The third-order valence-corrected chi connectivity index (χ3v) is 9.87. The van der Waals surface area contributed by atoms with Gasteiger partial charge in [-0.2, -0.15) is 0 Å². The predicted molar refractivity (Wildman–Crippen MR) is 193 cm³/mol. The molecule has 53 heavy (non-hydrogen) atoms. The fraction of sp³-hybridized carbons (Fsp3) is 0.297. The van der Waals surface area contributed by atoms with E-state index in [0.29, 0.717) is 84.2 Å². The van der Waals surface area contributed by atoms with Crippen LogP contribution in [-0.2, 0) is 27.5 Å². The van der Waals surface area contributed by atoms with Crippen molar-refractivity contribution in [3.63, 3.8) is 0 Å². The van der Waals surface area contributed by atoms with E-state index in [0.717, 1.165) is 0 Å². The average molecular weight is 745 g/mol. The Morgan fingerprint density at radius 2 is 1.83 bits per heavy atom. The van der Waals surface area contributed by atoms with Crippen molar-refractivity contribution in [1.82, 2.24) is 30.0 Å². The Balaban J connectivity index is 0.924. The summed E-state index contributed by atoms with van der Waals surface area (Å²) in [6.07, 6.45) is 5.01. The number of amides is 4. The highest BCUT2D eigenvalue weighted by Gasteiger charge is 2.39. The number of methoxy groups -OCH3 is 1. The fourth-order valence-corrected chi connectivity index (χ4v) is 6.96. The first-order valence-corrected chi connectivity index (χ1v) is 17.4. The first kappa shape index (κ1) is 35.9. The Bertz CT molecular complexity index is 2160. The van der Waals surface area contributed by atoms with Crippen molar-refractivity contribution in [2.75, 3.05) is 50.5 Å². The summed E-state index contributed by atoms with van der Waals surface area (Å²) in [5.74, 6) is -1.81. The van der Waals surface area contributed by atoms with Crippen LogP contribution in [-0.4, -0.2) is 94.2 Å². The number of fused-ring (bicyclic) bond motifs is 2. The number of piperazine rings is 1. The number of rotatable bonds is 10. The number of carbonyl (C=O) groups is 4. The molecule has 0 bridgehead atoms. The summed E-state index contributed by atoms with van der Waals surface area (Å²) in [5, 5.41) is 8.81. The quantitative estimate of drug-likeness (QED) is 0.158. The standard InChI is InChI=1S/C37H35ClF2N8O5/c1-53-32-17-29-25(35(42-20-41-29)43-23-4-5-27(39)26(38)14-23)16-30(32)44-33(49)3-2-8-46-9-11-47(12-10-46)18-22-13-21-19-48(37(52)24(21)15-28(22)40)31-6-7-34(50)45-36(31)51/h2-5,13-17,20,31H,6-12,18-19H2,1H3,(H,44,49)(H,41,42,43)(H,45,50,51)/b3-2+. The van der Waals surface area contributed by atoms with Crippen LogP contribution in [0, 0.1) is 11.6 Å². The molecule has 3 aliphatic heterocycles. The molecule has 3 aromatic carbocycles. The number of ether oxygens (including phenoxy) is 1. The number of aromatic nitrogens is 2. The molecular weight excluding hydrogens is 710 g/mol. The summed E-state index contributed by atoms with van der Waals surface area (Å²) in [5.41, 5.74) is 2.88. The van der Waals surface area contributed by atoms with Gasteiger partial charge in [-0.15, -0.1) is 0 Å². The molecule has 1 aromatic heterocycles. The number of anilines is 3. The molecule has 0 spiro atoms. The van der Waals surface area contributed by atoms with Crippen LogP contribution in [0.4, 0.5) is 26.0 Å². The van der Waals surface area contributed by atoms with E-state index < -0.39 is 29.5 Å². The van der Waals surface area contributed by atoms with Gasteiger partial charge in [0.05, 0.1) is 23.3 Å². The number of hydrogen-bond acceptors (Lipinski definition) is 10. The fourth-order valence-electron chi connectivity index (χ4n) is 6.78. The largest absolute Gasteiger partial charge is 0.494 e. The molecular formula is C37H35ClF2N8O5. The van der Waals surface area contributed by atoms with Crippen LogP contribution in [0.15, 0.2) is 60.9 Å². The van der Waals surface area contributed by atoms with Gasteiger partial charge < -0.3 is 20.3 Å². The van der Waals surface area contributed by atoms with E-state index in [-0.39, 0.29) is 41.8 Å². The molecule has 0 radical (unpaired) electrons. The lowest BCUT2D eigenvalue weighted by Crippen LogP contribution is -2.52. The molecule has 1 atom stereocenters. The molecule has 274 valence electrons. The Kier molecular flexibility index (Phi) is 10.3. The lowest BCUT2D eigenvalue weighted by molar-refractivity contribution is -0.137. The van der Waals surface area contributed by atoms with Gasteiger partial charge in [0.1, 0.15) is 35.6 Å². The molecule has 4 aromatic rings. The van der Waals surface area contributed by atoms with Gasteiger partial charge in [-0.1, -0.05) is 17.7 Å². The lowest BCUT2D eigenvalue weighted by atomic mass is 10.0. The van der Waals surface area contributed by atoms with Crippen LogP contribution >= 0.6 is 11.6 Å². The van der Waals surface area contributed by atoms with E-state index in [1.807, 2.05) is 0 Å². The highest BCUT2D eigenvalue weighted by Crippen LogP contribution is 2.34. The summed E-state index contributed by atoms with van der Waals surface area (Å²) in [7, 11) is 1.49. The van der Waals surface area contributed by atoms with Gasteiger partial charge in [-0.05, 0) is 48.4 Å². The van der Waals surface area contributed by atoms with E-state index in [4.69, 9.17) is 16.3 Å². The average Bonchev–Trinajstić information content (AvgIpc) is 3.44. The predicted octanol–water partition coefficient (Wildman–Crippen LogP) is 4.39. The molecule has 4 amide bonds. The van der Waals surface area contributed by atoms with Crippen molar-refractivity contribution in [2.24, 2.45) is 0 Å². The Labute approximate surface area is 307 Å². The zero-order valence-electron chi connectivity index (χ0n) is 28.6. The number of halogens is 3. The van der Waals surface area contributed by atoms with Gasteiger partial charge in [0.25, 0.3) is 5.91 Å². The Morgan fingerprint density at radius 3 is 2.58 bits per heavy atom. The van der Waals surface area contributed by atoms with E-state index >= 15 is 4.39 Å². The van der Waals surface area contributed by atoms with Crippen molar-refractivity contribution in [1.29, 1.82) is 0 Å². The number of imide groups is 1. The molecule has 13 nitrogen and oxygen atoms in total. The van der Waals surface area contributed by atoms with Crippen molar-refractivity contribution in [3.8, 4) is 5.75 Å². The topological polar surface area (TPSA) is 149 Å². The SMILES string of the molecule is COc1cc2ncnc(Nc3ccc(F)c(Cl)c3)c2cc1NC(=O)/C=C/CN1CCN(Cc2cc3c(cc2F)C(=O)N(C2CCC(=O)NC2=O)C3)CC1. The highest BCUT2D eigenvalue weighted by molar-refractivity contribution is 6.31. The Morgan fingerprint density at radius 1 is 1.04 bits per heavy atom. The van der Waals surface area contributed by atoms with Crippen molar-refractivity contribution in [2.45, 2.75) is 32.0 Å². The zero-order chi connectivity index (χ0) is 37.2. The van der Waals surface area contributed by atoms with Crippen LogP contribution < -0.4 is 20.7 Å². The summed E-state index contributed by atoms with van der Waals surface area (Å²) in [4.78, 5) is 64.3. The molecule has 1 unspecified atom stereocenters. The Hall–Kier alpha value is -5.51. The van der Waals surface area contributed by atoms with Crippen LogP contribution in [0.2, 0.25) is 5.02 Å². The van der Waals surface area contributed by atoms with E-state index in [2.05, 4.69) is 35.7 Å².